The van der Waals surface area contributed by atoms with E-state index in [9.17, 15) is 8.78 Å². The van der Waals surface area contributed by atoms with Crippen LogP contribution in [0, 0.1) is 23.5 Å². The predicted octanol–water partition coefficient (Wildman–Crippen LogP) is 6.98. The molecule has 2 atom stereocenters. The van der Waals surface area contributed by atoms with Crippen LogP contribution in [0.3, 0.4) is 0 Å². The number of hydrogen-bond donors (Lipinski definition) is 0. The number of rotatable bonds is 9. The van der Waals surface area contributed by atoms with Gasteiger partial charge in [0.25, 0.3) is 0 Å². The van der Waals surface area contributed by atoms with Crippen LogP contribution in [0.2, 0.25) is 0 Å². The SMILES string of the molecule is Fc1ccc(C(OCCC2CCN(C[C@@H]3C[C@H]3c3ccccc3)CC2)c2ccc(F)cc2)cc1. The Hall–Kier alpha value is -2.56. The fourth-order valence-corrected chi connectivity index (χ4v) is 5.36. The minimum atomic E-state index is -0.314. The number of benzene rings is 3. The molecule has 3 aromatic carbocycles. The van der Waals surface area contributed by atoms with Gasteiger partial charge in [-0.1, -0.05) is 54.6 Å². The molecule has 1 aliphatic carbocycles. The Morgan fingerprint density at radius 2 is 1.38 bits per heavy atom. The van der Waals surface area contributed by atoms with Crippen LogP contribution in [0.1, 0.15) is 54.4 Å². The average Bonchev–Trinajstić information content (AvgIpc) is 3.64. The maximum absolute atomic E-state index is 13.4. The summed E-state index contributed by atoms with van der Waals surface area (Å²) in [4.78, 5) is 2.64. The fourth-order valence-electron chi connectivity index (χ4n) is 5.36. The van der Waals surface area contributed by atoms with E-state index >= 15 is 0 Å². The smallest absolute Gasteiger partial charge is 0.123 e. The third-order valence-electron chi connectivity index (χ3n) is 7.51. The summed E-state index contributed by atoms with van der Waals surface area (Å²) in [6.07, 6.45) is 4.45. The van der Waals surface area contributed by atoms with E-state index in [0.717, 1.165) is 29.4 Å². The van der Waals surface area contributed by atoms with Crippen molar-refractivity contribution in [3.8, 4) is 0 Å². The molecule has 1 heterocycles. The van der Waals surface area contributed by atoms with E-state index in [-0.39, 0.29) is 17.7 Å². The molecule has 0 amide bonds. The van der Waals surface area contributed by atoms with Crippen LogP contribution in [0.15, 0.2) is 78.9 Å². The topological polar surface area (TPSA) is 12.5 Å². The van der Waals surface area contributed by atoms with Gasteiger partial charge in [0.2, 0.25) is 0 Å². The lowest BCUT2D eigenvalue weighted by Gasteiger charge is -2.32. The van der Waals surface area contributed by atoms with Gasteiger partial charge in [-0.2, -0.15) is 0 Å². The maximum Gasteiger partial charge on any atom is 0.123 e. The molecule has 2 fully saturated rings. The zero-order valence-electron chi connectivity index (χ0n) is 19.6. The molecule has 0 N–H and O–H groups in total. The Bertz CT molecular complexity index is 984. The van der Waals surface area contributed by atoms with Crippen LogP contribution < -0.4 is 0 Å². The van der Waals surface area contributed by atoms with Crippen molar-refractivity contribution in [2.75, 3.05) is 26.2 Å². The van der Waals surface area contributed by atoms with Gasteiger partial charge in [-0.25, -0.2) is 8.78 Å². The second-order valence-electron chi connectivity index (χ2n) is 9.90. The Balaban J connectivity index is 1.09. The lowest BCUT2D eigenvalue weighted by atomic mass is 9.93. The Morgan fingerprint density at radius 1 is 0.794 bits per heavy atom. The standard InChI is InChI=1S/C30H33F2NO/c31-27-10-6-24(7-11-27)30(25-8-12-28(32)13-9-25)34-19-16-22-14-17-33(18-15-22)21-26-20-29(26)23-4-2-1-3-5-23/h1-13,22,26,29-30H,14-21H2/t26-,29-/m0/s1. The van der Waals surface area contributed by atoms with Crippen molar-refractivity contribution >= 4 is 0 Å². The second kappa shape index (κ2) is 10.8. The van der Waals surface area contributed by atoms with E-state index < -0.39 is 0 Å². The first-order chi connectivity index (χ1) is 16.7. The van der Waals surface area contributed by atoms with Gasteiger partial charge in [0, 0.05) is 13.2 Å². The van der Waals surface area contributed by atoms with Crippen molar-refractivity contribution in [1.29, 1.82) is 0 Å². The molecule has 1 aliphatic heterocycles. The molecule has 0 radical (unpaired) electrons. The first kappa shape index (κ1) is 23.2. The molecule has 4 heteroatoms. The van der Waals surface area contributed by atoms with Crippen molar-refractivity contribution < 1.29 is 13.5 Å². The van der Waals surface area contributed by atoms with Crippen LogP contribution in [0.4, 0.5) is 8.78 Å². The van der Waals surface area contributed by atoms with E-state index in [1.807, 2.05) is 0 Å². The third kappa shape index (κ3) is 5.92. The van der Waals surface area contributed by atoms with Crippen LogP contribution in [-0.2, 0) is 4.74 Å². The monoisotopic (exact) mass is 461 g/mol. The zero-order valence-corrected chi connectivity index (χ0v) is 19.6. The van der Waals surface area contributed by atoms with Crippen molar-refractivity contribution in [2.45, 2.75) is 37.7 Å². The number of piperidine rings is 1. The van der Waals surface area contributed by atoms with Gasteiger partial charge < -0.3 is 9.64 Å². The van der Waals surface area contributed by atoms with Crippen LogP contribution in [0.5, 0.6) is 0 Å². The first-order valence-corrected chi connectivity index (χ1v) is 12.6. The number of likely N-dealkylation sites (tertiary alicyclic amines) is 1. The lowest BCUT2D eigenvalue weighted by Crippen LogP contribution is -2.35. The van der Waals surface area contributed by atoms with E-state index in [1.165, 1.54) is 68.7 Å². The average molecular weight is 462 g/mol. The highest BCUT2D eigenvalue weighted by Gasteiger charge is 2.39. The van der Waals surface area contributed by atoms with E-state index in [4.69, 9.17) is 4.74 Å². The molecule has 2 nitrogen and oxygen atoms in total. The molecule has 0 spiro atoms. The predicted molar refractivity (Wildman–Crippen MR) is 132 cm³/mol. The van der Waals surface area contributed by atoms with Gasteiger partial charge in [-0.3, -0.25) is 0 Å². The van der Waals surface area contributed by atoms with Crippen molar-refractivity contribution in [1.82, 2.24) is 4.90 Å². The summed E-state index contributed by atoms with van der Waals surface area (Å²) in [6, 6.07) is 23.7. The van der Waals surface area contributed by atoms with Crippen molar-refractivity contribution in [2.24, 2.45) is 11.8 Å². The first-order valence-electron chi connectivity index (χ1n) is 12.6. The molecule has 0 aromatic heterocycles. The number of ether oxygens (including phenoxy) is 1. The molecule has 2 aliphatic rings. The van der Waals surface area contributed by atoms with Crippen molar-refractivity contribution in [3.63, 3.8) is 0 Å². The van der Waals surface area contributed by atoms with Crippen LogP contribution in [0.25, 0.3) is 0 Å². The van der Waals surface area contributed by atoms with Gasteiger partial charge >= 0.3 is 0 Å². The summed E-state index contributed by atoms with van der Waals surface area (Å²) >= 11 is 0. The third-order valence-corrected chi connectivity index (χ3v) is 7.51. The number of nitrogens with zero attached hydrogens (tertiary/aromatic N) is 1. The summed E-state index contributed by atoms with van der Waals surface area (Å²) in [7, 11) is 0. The van der Waals surface area contributed by atoms with Gasteiger partial charge in [0.1, 0.15) is 17.7 Å². The fraction of sp³-hybridized carbons (Fsp3) is 0.400. The molecule has 34 heavy (non-hydrogen) atoms. The second-order valence-corrected chi connectivity index (χ2v) is 9.90. The molecule has 1 saturated carbocycles. The molecular weight excluding hydrogens is 428 g/mol. The Labute approximate surface area is 201 Å². The van der Waals surface area contributed by atoms with E-state index in [1.54, 1.807) is 24.3 Å². The lowest BCUT2D eigenvalue weighted by molar-refractivity contribution is 0.0597. The minimum absolute atomic E-state index is 0.269. The van der Waals surface area contributed by atoms with Gasteiger partial charge in [0.05, 0.1) is 0 Å². The number of halogens is 2. The van der Waals surface area contributed by atoms with E-state index in [2.05, 4.69) is 35.2 Å². The number of hydrogen-bond acceptors (Lipinski definition) is 2. The summed E-state index contributed by atoms with van der Waals surface area (Å²) in [5, 5.41) is 0. The zero-order chi connectivity index (χ0) is 23.3. The largest absolute Gasteiger partial charge is 0.369 e. The van der Waals surface area contributed by atoms with Crippen LogP contribution in [-0.4, -0.2) is 31.1 Å². The summed E-state index contributed by atoms with van der Waals surface area (Å²) in [5.41, 5.74) is 3.27. The van der Waals surface area contributed by atoms with Crippen molar-refractivity contribution in [3.05, 3.63) is 107 Å². The highest BCUT2D eigenvalue weighted by Crippen LogP contribution is 2.48. The maximum atomic E-state index is 13.4. The minimum Gasteiger partial charge on any atom is -0.369 e. The van der Waals surface area contributed by atoms with Crippen LogP contribution >= 0.6 is 0 Å². The molecular formula is C30H33F2NO. The molecule has 0 unspecified atom stereocenters. The highest BCUT2D eigenvalue weighted by atomic mass is 19.1. The van der Waals surface area contributed by atoms with E-state index in [0.29, 0.717) is 12.5 Å². The van der Waals surface area contributed by atoms with Gasteiger partial charge in [0.15, 0.2) is 0 Å². The van der Waals surface area contributed by atoms with Gasteiger partial charge in [-0.15, -0.1) is 0 Å². The summed E-state index contributed by atoms with van der Waals surface area (Å²) in [6.45, 7) is 4.20. The quantitative estimate of drug-likeness (QED) is 0.341. The molecule has 5 rings (SSSR count). The molecule has 0 bridgehead atoms. The Kier molecular flexibility index (Phi) is 7.36. The Morgan fingerprint density at radius 3 is 1.97 bits per heavy atom. The molecule has 1 saturated heterocycles. The summed E-state index contributed by atoms with van der Waals surface area (Å²) in [5.74, 6) is 1.70. The molecule has 3 aromatic rings. The summed E-state index contributed by atoms with van der Waals surface area (Å²) < 4.78 is 33.2. The normalized spacial score (nSPS) is 21.1. The highest BCUT2D eigenvalue weighted by molar-refractivity contribution is 5.30. The molecule has 178 valence electrons. The van der Waals surface area contributed by atoms with Gasteiger partial charge in [-0.05, 0) is 97.5 Å².